The molecule has 1 heterocycles. The highest BCUT2D eigenvalue weighted by Gasteiger charge is 2.24. The first-order valence-corrected chi connectivity index (χ1v) is 13.2. The van der Waals surface area contributed by atoms with Gasteiger partial charge in [0, 0.05) is 17.2 Å². The molecule has 0 N–H and O–H groups in total. The molecule has 0 aromatic heterocycles. The van der Waals surface area contributed by atoms with Gasteiger partial charge in [0.25, 0.3) is 0 Å². The van der Waals surface area contributed by atoms with Gasteiger partial charge in [-0.1, -0.05) is 68.7 Å². The number of unbranched alkanes of at least 4 members (excludes halogenated alkanes) is 3. The molecule has 0 aliphatic carbocycles. The molecule has 0 atom stereocenters. The Morgan fingerprint density at radius 1 is 0.865 bits per heavy atom. The fourth-order valence-corrected chi connectivity index (χ4v) is 4.31. The standard InChI is InChI=1S/C33H38O4/c1-5-6-7-11-22-35-28-18-16-26(31(23-28)36-24-25-12-9-8-10-13-25)14-15-27-17-19-30-29(32(27)34-4)20-21-33(2,3)37-30/h8-10,12-21,23H,5-7,11,22,24H2,1-4H3/b15-14+. The molecule has 0 bridgehead atoms. The lowest BCUT2D eigenvalue weighted by molar-refractivity contribution is 0.158. The molecule has 4 nitrogen and oxygen atoms in total. The van der Waals surface area contributed by atoms with E-state index >= 15 is 0 Å². The summed E-state index contributed by atoms with van der Waals surface area (Å²) in [5.74, 6) is 3.23. The zero-order valence-corrected chi connectivity index (χ0v) is 22.5. The second kappa shape index (κ2) is 12.5. The van der Waals surface area contributed by atoms with Crippen molar-refractivity contribution in [1.29, 1.82) is 0 Å². The molecule has 0 radical (unpaired) electrons. The molecule has 0 saturated carbocycles. The fraction of sp³-hybridized carbons (Fsp3) is 0.333. The van der Waals surface area contributed by atoms with E-state index in [2.05, 4.69) is 49.4 Å². The molecule has 0 unspecified atom stereocenters. The van der Waals surface area contributed by atoms with E-state index in [9.17, 15) is 0 Å². The van der Waals surface area contributed by atoms with Crippen molar-refractivity contribution >= 4 is 18.2 Å². The third-order valence-corrected chi connectivity index (χ3v) is 6.35. The van der Waals surface area contributed by atoms with Crippen molar-refractivity contribution < 1.29 is 18.9 Å². The van der Waals surface area contributed by atoms with Gasteiger partial charge in [-0.2, -0.15) is 0 Å². The van der Waals surface area contributed by atoms with Gasteiger partial charge >= 0.3 is 0 Å². The summed E-state index contributed by atoms with van der Waals surface area (Å²) in [6, 6.07) is 20.3. The number of hydrogen-bond acceptors (Lipinski definition) is 4. The Bertz CT molecular complexity index is 1220. The van der Waals surface area contributed by atoms with Crippen LogP contribution >= 0.6 is 0 Å². The highest BCUT2D eigenvalue weighted by Crippen LogP contribution is 2.40. The first-order valence-electron chi connectivity index (χ1n) is 13.2. The van der Waals surface area contributed by atoms with Crippen molar-refractivity contribution in [3.63, 3.8) is 0 Å². The molecule has 1 aliphatic rings. The lowest BCUT2D eigenvalue weighted by Gasteiger charge is -2.29. The topological polar surface area (TPSA) is 36.9 Å². The van der Waals surface area contributed by atoms with E-state index in [0.29, 0.717) is 13.2 Å². The first kappa shape index (κ1) is 26.4. The first-order chi connectivity index (χ1) is 18.0. The van der Waals surface area contributed by atoms with Crippen molar-refractivity contribution in [2.75, 3.05) is 13.7 Å². The molecule has 1 aliphatic heterocycles. The van der Waals surface area contributed by atoms with Crippen LogP contribution in [0.2, 0.25) is 0 Å². The summed E-state index contributed by atoms with van der Waals surface area (Å²) in [6.07, 6.45) is 13.0. The van der Waals surface area contributed by atoms with Crippen LogP contribution in [0.5, 0.6) is 23.0 Å². The largest absolute Gasteiger partial charge is 0.495 e. The van der Waals surface area contributed by atoms with Crippen molar-refractivity contribution in [3.8, 4) is 23.0 Å². The lowest BCUT2D eigenvalue weighted by Crippen LogP contribution is -2.27. The molecule has 3 aromatic rings. The van der Waals surface area contributed by atoms with Crippen molar-refractivity contribution in [1.82, 2.24) is 0 Å². The third-order valence-electron chi connectivity index (χ3n) is 6.35. The van der Waals surface area contributed by atoms with Gasteiger partial charge in [0.05, 0.1) is 19.3 Å². The Labute approximate surface area is 221 Å². The normalized spacial score (nSPS) is 13.7. The fourth-order valence-electron chi connectivity index (χ4n) is 4.31. The van der Waals surface area contributed by atoms with E-state index in [1.54, 1.807) is 7.11 Å². The van der Waals surface area contributed by atoms with E-state index in [1.165, 1.54) is 19.3 Å². The molecular formula is C33H38O4. The van der Waals surface area contributed by atoms with E-state index in [1.807, 2.05) is 56.3 Å². The van der Waals surface area contributed by atoms with Crippen LogP contribution in [0.1, 0.15) is 68.7 Å². The van der Waals surface area contributed by atoms with E-state index in [-0.39, 0.29) is 5.60 Å². The van der Waals surface area contributed by atoms with Gasteiger partial charge < -0.3 is 18.9 Å². The van der Waals surface area contributed by atoms with Crippen LogP contribution in [0.25, 0.3) is 18.2 Å². The third kappa shape index (κ3) is 7.19. The predicted molar refractivity (Wildman–Crippen MR) is 153 cm³/mol. The molecule has 0 spiro atoms. The summed E-state index contributed by atoms with van der Waals surface area (Å²) < 4.78 is 24.2. The Morgan fingerprint density at radius 3 is 2.43 bits per heavy atom. The summed E-state index contributed by atoms with van der Waals surface area (Å²) >= 11 is 0. The number of benzene rings is 3. The zero-order chi connectivity index (χ0) is 26.1. The van der Waals surface area contributed by atoms with Crippen LogP contribution in [-0.2, 0) is 6.61 Å². The maximum Gasteiger partial charge on any atom is 0.137 e. The molecule has 37 heavy (non-hydrogen) atoms. The lowest BCUT2D eigenvalue weighted by atomic mass is 9.99. The number of hydrogen-bond donors (Lipinski definition) is 0. The Morgan fingerprint density at radius 2 is 1.65 bits per heavy atom. The molecule has 0 amide bonds. The average molecular weight is 499 g/mol. The SMILES string of the molecule is CCCCCCOc1ccc(/C=C/c2ccc3c(c2OC)C=CC(C)(C)O3)c(OCc2ccccc2)c1. The summed E-state index contributed by atoms with van der Waals surface area (Å²) in [6.45, 7) is 7.51. The van der Waals surface area contributed by atoms with Crippen LogP contribution in [0.4, 0.5) is 0 Å². The van der Waals surface area contributed by atoms with Crippen LogP contribution < -0.4 is 18.9 Å². The number of methoxy groups -OCH3 is 1. The highest BCUT2D eigenvalue weighted by atomic mass is 16.5. The van der Waals surface area contributed by atoms with Crippen LogP contribution in [0, 0.1) is 0 Å². The molecule has 3 aromatic carbocycles. The Hall–Kier alpha value is -3.66. The second-order valence-corrected chi connectivity index (χ2v) is 9.86. The van der Waals surface area contributed by atoms with Gasteiger partial charge in [-0.15, -0.1) is 0 Å². The van der Waals surface area contributed by atoms with Gasteiger partial charge in [0.2, 0.25) is 0 Å². The summed E-state index contributed by atoms with van der Waals surface area (Å²) in [5, 5.41) is 0. The monoisotopic (exact) mass is 498 g/mol. The minimum absolute atomic E-state index is 0.333. The zero-order valence-electron chi connectivity index (χ0n) is 22.5. The van der Waals surface area contributed by atoms with Crippen LogP contribution in [-0.4, -0.2) is 19.3 Å². The Kier molecular flexibility index (Phi) is 8.95. The summed E-state index contributed by atoms with van der Waals surface area (Å²) in [5.41, 5.74) is 3.69. The van der Waals surface area contributed by atoms with Gasteiger partial charge in [-0.3, -0.25) is 0 Å². The van der Waals surface area contributed by atoms with Crippen molar-refractivity contribution in [3.05, 3.63) is 89.0 Å². The quantitative estimate of drug-likeness (QED) is 0.185. The summed E-state index contributed by atoms with van der Waals surface area (Å²) in [4.78, 5) is 0. The van der Waals surface area contributed by atoms with Crippen LogP contribution in [0.3, 0.4) is 0 Å². The molecule has 194 valence electrons. The molecule has 4 rings (SSSR count). The van der Waals surface area contributed by atoms with E-state index in [4.69, 9.17) is 18.9 Å². The van der Waals surface area contributed by atoms with Crippen molar-refractivity contribution in [2.24, 2.45) is 0 Å². The van der Waals surface area contributed by atoms with Crippen LogP contribution in [0.15, 0.2) is 66.7 Å². The van der Waals surface area contributed by atoms with Gasteiger partial charge in [0.1, 0.15) is 35.2 Å². The summed E-state index contributed by atoms with van der Waals surface area (Å²) in [7, 11) is 1.70. The number of rotatable bonds is 12. The molecule has 4 heteroatoms. The molecule has 0 saturated heterocycles. The number of ether oxygens (including phenoxy) is 4. The average Bonchev–Trinajstić information content (AvgIpc) is 2.91. The maximum absolute atomic E-state index is 6.27. The smallest absolute Gasteiger partial charge is 0.137 e. The maximum atomic E-state index is 6.27. The van der Waals surface area contributed by atoms with E-state index in [0.717, 1.165) is 51.7 Å². The number of fused-ring (bicyclic) bond motifs is 1. The van der Waals surface area contributed by atoms with Gasteiger partial charge in [-0.25, -0.2) is 0 Å². The second-order valence-electron chi connectivity index (χ2n) is 9.86. The minimum Gasteiger partial charge on any atom is -0.495 e. The Balaban J connectivity index is 1.57. The van der Waals surface area contributed by atoms with Crippen molar-refractivity contribution in [2.45, 2.75) is 58.7 Å². The molecular weight excluding hydrogens is 460 g/mol. The highest BCUT2D eigenvalue weighted by molar-refractivity contribution is 5.80. The predicted octanol–water partition coefficient (Wildman–Crippen LogP) is 8.59. The minimum atomic E-state index is -0.333. The van der Waals surface area contributed by atoms with Gasteiger partial charge in [0.15, 0.2) is 0 Å². The van der Waals surface area contributed by atoms with E-state index < -0.39 is 0 Å². The van der Waals surface area contributed by atoms with Gasteiger partial charge in [-0.05, 0) is 62.2 Å². The molecule has 0 fully saturated rings.